The number of nitrogens with zero attached hydrogens (tertiary/aromatic N) is 1. The van der Waals surface area contributed by atoms with E-state index in [1.165, 1.54) is 4.90 Å². The molecule has 0 aromatic heterocycles. The molecule has 0 fully saturated rings. The number of hydrogen-bond acceptors (Lipinski definition) is 3. The Hall–Kier alpha value is -2.24. The smallest absolute Gasteiger partial charge is 0.321 e. The summed E-state index contributed by atoms with van der Waals surface area (Å²) in [5.41, 5.74) is 1.52. The molecule has 1 atom stereocenters. The number of urea groups is 1. The van der Waals surface area contributed by atoms with Gasteiger partial charge in [-0.25, -0.2) is 4.79 Å². The van der Waals surface area contributed by atoms with Gasteiger partial charge in [-0.2, -0.15) is 0 Å². The fourth-order valence-electron chi connectivity index (χ4n) is 2.04. The van der Waals surface area contributed by atoms with E-state index in [0.717, 1.165) is 5.56 Å². The topological polar surface area (TPSA) is 89.9 Å². The van der Waals surface area contributed by atoms with Crippen LogP contribution in [0, 0.1) is 12.8 Å². The van der Waals surface area contributed by atoms with E-state index < -0.39 is 5.97 Å². The van der Waals surface area contributed by atoms with Crippen LogP contribution in [0.15, 0.2) is 18.2 Å². The highest BCUT2D eigenvalue weighted by Crippen LogP contribution is 2.24. The summed E-state index contributed by atoms with van der Waals surface area (Å²) in [5, 5.41) is 21.0. The monoisotopic (exact) mass is 294 g/mol. The molecule has 0 radical (unpaired) electrons. The van der Waals surface area contributed by atoms with Gasteiger partial charge in [-0.1, -0.05) is 13.0 Å². The zero-order chi connectivity index (χ0) is 16.0. The molecular formula is C15H22N2O4. The molecule has 2 amide bonds. The zero-order valence-corrected chi connectivity index (χ0v) is 12.6. The van der Waals surface area contributed by atoms with Crippen LogP contribution in [0.2, 0.25) is 0 Å². The van der Waals surface area contributed by atoms with E-state index in [1.807, 2.05) is 13.8 Å². The third kappa shape index (κ3) is 4.98. The van der Waals surface area contributed by atoms with E-state index in [0.29, 0.717) is 18.8 Å². The molecule has 0 saturated heterocycles. The summed E-state index contributed by atoms with van der Waals surface area (Å²) in [6.07, 6.45) is 0.0115. The predicted molar refractivity (Wildman–Crippen MR) is 80.7 cm³/mol. The Bertz CT molecular complexity index is 516. The average Bonchev–Trinajstić information content (AvgIpc) is 2.40. The first-order valence-electron chi connectivity index (χ1n) is 6.91. The fourth-order valence-corrected chi connectivity index (χ4v) is 2.04. The van der Waals surface area contributed by atoms with Crippen molar-refractivity contribution in [3.8, 4) is 5.75 Å². The quantitative estimate of drug-likeness (QED) is 0.751. The molecule has 0 aliphatic heterocycles. The third-order valence-corrected chi connectivity index (χ3v) is 3.17. The predicted octanol–water partition coefficient (Wildman–Crippen LogP) is 2.35. The summed E-state index contributed by atoms with van der Waals surface area (Å²) < 4.78 is 0. The van der Waals surface area contributed by atoms with Crippen LogP contribution >= 0.6 is 0 Å². The number of aryl methyl sites for hydroxylation is 1. The van der Waals surface area contributed by atoms with E-state index in [4.69, 9.17) is 5.11 Å². The van der Waals surface area contributed by atoms with Gasteiger partial charge in [-0.3, -0.25) is 9.69 Å². The Morgan fingerprint density at radius 1 is 1.38 bits per heavy atom. The summed E-state index contributed by atoms with van der Waals surface area (Å²) in [5.74, 6) is -0.926. The number of nitrogens with one attached hydrogen (secondary N) is 1. The van der Waals surface area contributed by atoms with Crippen LogP contribution in [0.5, 0.6) is 5.75 Å². The molecule has 1 aromatic carbocycles. The molecule has 1 unspecified atom stereocenters. The third-order valence-electron chi connectivity index (χ3n) is 3.17. The first-order valence-corrected chi connectivity index (χ1v) is 6.91. The number of carboxylic acids is 1. The number of phenolic OH excluding ortho intramolecular Hbond substituents is 1. The lowest BCUT2D eigenvalue weighted by Crippen LogP contribution is -2.42. The number of rotatable bonds is 6. The number of phenols is 1. The Morgan fingerprint density at radius 2 is 2.05 bits per heavy atom. The minimum absolute atomic E-state index is 0.0115. The van der Waals surface area contributed by atoms with E-state index in [9.17, 15) is 14.7 Å². The number of amides is 2. The van der Waals surface area contributed by atoms with Gasteiger partial charge in [0.2, 0.25) is 0 Å². The average molecular weight is 294 g/mol. The largest absolute Gasteiger partial charge is 0.508 e. The van der Waals surface area contributed by atoms with Crippen LogP contribution in [-0.2, 0) is 4.79 Å². The number of hydrogen-bond donors (Lipinski definition) is 3. The first kappa shape index (κ1) is 16.8. The van der Waals surface area contributed by atoms with Crippen LogP contribution in [0.1, 0.15) is 25.8 Å². The lowest BCUT2D eigenvalue weighted by Gasteiger charge is -2.24. The lowest BCUT2D eigenvalue weighted by molar-refractivity contribution is -0.137. The van der Waals surface area contributed by atoms with E-state index in [2.05, 4.69) is 5.32 Å². The molecule has 6 heteroatoms. The van der Waals surface area contributed by atoms with Crippen molar-refractivity contribution in [3.63, 3.8) is 0 Å². The Balaban J connectivity index is 2.73. The van der Waals surface area contributed by atoms with Crippen molar-refractivity contribution in [2.24, 2.45) is 5.92 Å². The van der Waals surface area contributed by atoms with E-state index in [1.54, 1.807) is 25.1 Å². The van der Waals surface area contributed by atoms with Gasteiger partial charge in [-0.05, 0) is 31.4 Å². The lowest BCUT2D eigenvalue weighted by atomic mass is 10.1. The molecule has 0 bridgehead atoms. The van der Waals surface area contributed by atoms with Gasteiger partial charge in [0, 0.05) is 25.6 Å². The second-order valence-corrected chi connectivity index (χ2v) is 5.10. The van der Waals surface area contributed by atoms with Gasteiger partial charge < -0.3 is 15.5 Å². The molecule has 6 nitrogen and oxygen atoms in total. The maximum atomic E-state index is 12.2. The minimum Gasteiger partial charge on any atom is -0.508 e. The van der Waals surface area contributed by atoms with Gasteiger partial charge in [-0.15, -0.1) is 0 Å². The standard InChI is InChI=1S/C15H22N2O4/c1-4-17(13-8-12(18)6-5-11(13)3)15(21)16-9-10(2)7-14(19)20/h5-6,8,10,18H,4,7,9H2,1-3H3,(H,16,21)(H,19,20). The number of benzene rings is 1. The summed E-state index contributed by atoms with van der Waals surface area (Å²) in [7, 11) is 0. The van der Waals surface area contributed by atoms with Crippen molar-refractivity contribution in [2.75, 3.05) is 18.0 Å². The molecule has 1 rings (SSSR count). The summed E-state index contributed by atoms with van der Waals surface area (Å²) in [6, 6.07) is 4.55. The van der Waals surface area contributed by atoms with Gasteiger partial charge in [0.25, 0.3) is 0 Å². The Kier molecular flexibility index (Phi) is 6.02. The van der Waals surface area contributed by atoms with Crippen LogP contribution < -0.4 is 10.2 Å². The molecule has 116 valence electrons. The highest BCUT2D eigenvalue weighted by atomic mass is 16.4. The number of aromatic hydroxyl groups is 1. The highest BCUT2D eigenvalue weighted by Gasteiger charge is 2.17. The number of carbonyl (C=O) groups is 2. The molecule has 0 spiro atoms. The van der Waals surface area contributed by atoms with Crippen molar-refractivity contribution >= 4 is 17.7 Å². The Morgan fingerprint density at radius 3 is 2.62 bits per heavy atom. The molecule has 0 aliphatic rings. The summed E-state index contributed by atoms with van der Waals surface area (Å²) in [6.45, 7) is 6.20. The summed E-state index contributed by atoms with van der Waals surface area (Å²) in [4.78, 5) is 24.3. The van der Waals surface area contributed by atoms with Crippen LogP contribution in [-0.4, -0.2) is 35.3 Å². The number of carbonyl (C=O) groups excluding carboxylic acids is 1. The van der Waals surface area contributed by atoms with Crippen molar-refractivity contribution in [1.82, 2.24) is 5.32 Å². The summed E-state index contributed by atoms with van der Waals surface area (Å²) >= 11 is 0. The SMILES string of the molecule is CCN(C(=O)NCC(C)CC(=O)O)c1cc(O)ccc1C. The normalized spacial score (nSPS) is 11.8. The molecule has 21 heavy (non-hydrogen) atoms. The second kappa shape index (κ2) is 7.52. The van der Waals surface area contributed by atoms with E-state index >= 15 is 0 Å². The molecule has 0 aliphatic carbocycles. The molecule has 3 N–H and O–H groups in total. The van der Waals surface area contributed by atoms with Crippen LogP contribution in [0.3, 0.4) is 0 Å². The van der Waals surface area contributed by atoms with Crippen LogP contribution in [0.4, 0.5) is 10.5 Å². The first-order chi connectivity index (χ1) is 9.85. The highest BCUT2D eigenvalue weighted by molar-refractivity contribution is 5.93. The van der Waals surface area contributed by atoms with Crippen LogP contribution in [0.25, 0.3) is 0 Å². The molecule has 0 saturated carbocycles. The van der Waals surface area contributed by atoms with Gasteiger partial charge >= 0.3 is 12.0 Å². The van der Waals surface area contributed by atoms with Crippen molar-refractivity contribution in [2.45, 2.75) is 27.2 Å². The van der Waals surface area contributed by atoms with Gasteiger partial charge in [0.1, 0.15) is 5.75 Å². The maximum absolute atomic E-state index is 12.2. The Labute approximate surface area is 124 Å². The molecular weight excluding hydrogens is 272 g/mol. The second-order valence-electron chi connectivity index (χ2n) is 5.10. The van der Waals surface area contributed by atoms with Crippen molar-refractivity contribution in [1.29, 1.82) is 0 Å². The number of aliphatic carboxylic acids is 1. The van der Waals surface area contributed by atoms with Gasteiger partial charge in [0.05, 0.1) is 5.69 Å². The molecule has 1 aromatic rings. The van der Waals surface area contributed by atoms with Crippen molar-refractivity contribution in [3.05, 3.63) is 23.8 Å². The number of carboxylic acid groups (broad SMARTS) is 1. The van der Waals surface area contributed by atoms with Crippen molar-refractivity contribution < 1.29 is 19.8 Å². The number of anilines is 1. The van der Waals surface area contributed by atoms with Gasteiger partial charge in [0.15, 0.2) is 0 Å². The maximum Gasteiger partial charge on any atom is 0.321 e. The zero-order valence-electron chi connectivity index (χ0n) is 12.6. The van der Waals surface area contributed by atoms with E-state index in [-0.39, 0.29) is 24.1 Å². The minimum atomic E-state index is -0.882. The fraction of sp³-hybridized carbons (Fsp3) is 0.467. The molecule has 0 heterocycles.